The van der Waals surface area contributed by atoms with Crippen molar-refractivity contribution in [2.24, 2.45) is 5.73 Å². The molecule has 0 saturated carbocycles. The molecule has 0 saturated heterocycles. The number of carboxylic acid groups (broad SMARTS) is 1. The second kappa shape index (κ2) is 5.50. The molecule has 0 aliphatic carbocycles. The summed E-state index contributed by atoms with van der Waals surface area (Å²) >= 11 is 1.39. The number of nitrogens with two attached hydrogens (primary N) is 1. The van der Waals surface area contributed by atoms with Crippen LogP contribution >= 0.6 is 11.8 Å². The summed E-state index contributed by atoms with van der Waals surface area (Å²) in [6, 6.07) is -0.930. The van der Waals surface area contributed by atoms with Gasteiger partial charge in [0.15, 0.2) is 5.82 Å². The molecule has 0 fully saturated rings. The van der Waals surface area contributed by atoms with Crippen molar-refractivity contribution in [1.82, 2.24) is 10.1 Å². The van der Waals surface area contributed by atoms with Crippen molar-refractivity contribution >= 4 is 17.7 Å². The first kappa shape index (κ1) is 14.0. The topological polar surface area (TPSA) is 102 Å². The molecule has 96 valence electrons. The number of aromatic nitrogens is 2. The van der Waals surface area contributed by atoms with Crippen LogP contribution in [0.3, 0.4) is 0 Å². The number of thioether (sulfide) groups is 1. The minimum absolute atomic E-state index is 0.459. The predicted octanol–water partition coefficient (Wildman–Crippen LogP) is 1.06. The lowest BCUT2D eigenvalue weighted by molar-refractivity contribution is -0.139. The molecule has 7 heteroatoms. The van der Waals surface area contributed by atoms with Gasteiger partial charge in [-0.05, 0) is 13.8 Å². The highest BCUT2D eigenvalue weighted by Crippen LogP contribution is 2.30. The largest absolute Gasteiger partial charge is 0.480 e. The maximum absolute atomic E-state index is 10.8. The average Bonchev–Trinajstić information content (AvgIpc) is 2.73. The van der Waals surface area contributed by atoms with E-state index >= 15 is 0 Å². The Bertz CT molecular complexity index is 392. The maximum Gasteiger partial charge on any atom is 0.321 e. The van der Waals surface area contributed by atoms with E-state index in [2.05, 4.69) is 10.1 Å². The third-order valence-electron chi connectivity index (χ3n) is 2.41. The Morgan fingerprint density at radius 1 is 1.65 bits per heavy atom. The van der Waals surface area contributed by atoms with Crippen molar-refractivity contribution in [3.05, 3.63) is 11.7 Å². The van der Waals surface area contributed by atoms with Crippen LogP contribution in [0.2, 0.25) is 0 Å². The molecule has 1 aromatic rings. The summed E-state index contributed by atoms with van der Waals surface area (Å²) < 4.78 is 4.43. The molecule has 0 spiro atoms. The van der Waals surface area contributed by atoms with E-state index in [-0.39, 0.29) is 0 Å². The van der Waals surface area contributed by atoms with Crippen LogP contribution in [0.25, 0.3) is 0 Å². The van der Waals surface area contributed by atoms with Crippen LogP contribution in [0.1, 0.15) is 32.5 Å². The lowest BCUT2D eigenvalue weighted by Gasteiger charge is -2.27. The van der Waals surface area contributed by atoms with E-state index in [0.29, 0.717) is 23.9 Å². The zero-order valence-corrected chi connectivity index (χ0v) is 11.0. The van der Waals surface area contributed by atoms with E-state index in [1.54, 1.807) is 13.8 Å². The normalized spacial score (nSPS) is 13.6. The highest BCUT2D eigenvalue weighted by Gasteiger charge is 2.33. The number of rotatable bonds is 6. The Labute approximate surface area is 104 Å². The number of nitrogens with zero attached hydrogens (tertiary/aromatic N) is 2. The molecule has 6 nitrogen and oxygen atoms in total. The quantitative estimate of drug-likeness (QED) is 0.787. The Balaban J connectivity index is 2.57. The summed E-state index contributed by atoms with van der Waals surface area (Å²) in [5.74, 6) is 0.599. The summed E-state index contributed by atoms with van der Waals surface area (Å²) in [7, 11) is 0. The van der Waals surface area contributed by atoms with Crippen LogP contribution in [0.4, 0.5) is 0 Å². The Hall–Kier alpha value is -1.08. The van der Waals surface area contributed by atoms with Crippen LogP contribution in [-0.2, 0) is 17.0 Å². The third kappa shape index (κ3) is 3.71. The van der Waals surface area contributed by atoms with E-state index < -0.39 is 16.8 Å². The molecule has 0 aliphatic heterocycles. The number of aliphatic carboxylic acids is 1. The van der Waals surface area contributed by atoms with Crippen molar-refractivity contribution in [3.63, 3.8) is 0 Å². The molecule has 1 heterocycles. The van der Waals surface area contributed by atoms with Crippen molar-refractivity contribution < 1.29 is 14.4 Å². The Morgan fingerprint density at radius 2 is 2.29 bits per heavy atom. The summed E-state index contributed by atoms with van der Waals surface area (Å²) in [5.41, 5.74) is 5.60. The summed E-state index contributed by atoms with van der Waals surface area (Å²) in [6.07, 6.45) is 0.714. The fraction of sp³-hybridized carbons (Fsp3) is 0.700. The molecule has 1 aromatic heterocycles. The molecule has 0 unspecified atom stereocenters. The van der Waals surface area contributed by atoms with Crippen molar-refractivity contribution in [1.29, 1.82) is 0 Å². The predicted molar refractivity (Wildman–Crippen MR) is 64.7 cm³/mol. The Kier molecular flexibility index (Phi) is 4.53. The molecule has 3 N–H and O–H groups in total. The lowest BCUT2D eigenvalue weighted by Crippen LogP contribution is -2.46. The molecule has 1 atom stereocenters. The van der Waals surface area contributed by atoms with Gasteiger partial charge in [-0.25, -0.2) is 0 Å². The van der Waals surface area contributed by atoms with Gasteiger partial charge in [-0.15, -0.1) is 11.8 Å². The van der Waals surface area contributed by atoms with Crippen LogP contribution < -0.4 is 5.73 Å². The van der Waals surface area contributed by atoms with Crippen LogP contribution in [0.5, 0.6) is 0 Å². The van der Waals surface area contributed by atoms with Crippen molar-refractivity contribution in [3.8, 4) is 0 Å². The van der Waals surface area contributed by atoms with Crippen LogP contribution in [0.15, 0.2) is 4.52 Å². The molecular weight excluding hydrogens is 242 g/mol. The van der Waals surface area contributed by atoms with Gasteiger partial charge in [0.25, 0.3) is 0 Å². The first-order valence-electron chi connectivity index (χ1n) is 5.30. The van der Waals surface area contributed by atoms with Gasteiger partial charge in [0.05, 0.1) is 5.75 Å². The summed E-state index contributed by atoms with van der Waals surface area (Å²) in [5, 5.41) is 12.6. The van der Waals surface area contributed by atoms with Gasteiger partial charge < -0.3 is 15.4 Å². The van der Waals surface area contributed by atoms with Gasteiger partial charge >= 0.3 is 5.97 Å². The molecule has 1 rings (SSSR count). The van der Waals surface area contributed by atoms with Gasteiger partial charge in [-0.2, -0.15) is 4.98 Å². The fourth-order valence-corrected chi connectivity index (χ4v) is 2.02. The van der Waals surface area contributed by atoms with Crippen LogP contribution in [-0.4, -0.2) is 32.0 Å². The minimum Gasteiger partial charge on any atom is -0.480 e. The van der Waals surface area contributed by atoms with E-state index in [0.717, 1.165) is 0 Å². The van der Waals surface area contributed by atoms with Crippen molar-refractivity contribution in [2.75, 3.05) is 0 Å². The average molecular weight is 259 g/mol. The SMILES string of the molecule is CCc1noc(CSC(C)(C)[C@H](N)C(=O)O)n1. The monoisotopic (exact) mass is 259 g/mol. The molecule has 0 aliphatic rings. The highest BCUT2D eigenvalue weighted by molar-refractivity contribution is 7.99. The summed E-state index contributed by atoms with van der Waals surface area (Å²) in [6.45, 7) is 5.51. The van der Waals surface area contributed by atoms with Gasteiger partial charge in [0.2, 0.25) is 5.89 Å². The molecule has 0 bridgehead atoms. The standard InChI is InChI=1S/C10H17N3O3S/c1-4-6-12-7(16-13-6)5-17-10(2,3)8(11)9(14)15/h8H,4-5,11H2,1-3H3,(H,14,15)/t8-/m1/s1. The zero-order valence-electron chi connectivity index (χ0n) is 10.1. The Morgan fingerprint density at radius 3 is 2.76 bits per heavy atom. The second-order valence-corrected chi connectivity index (χ2v) is 5.80. The lowest BCUT2D eigenvalue weighted by atomic mass is 10.1. The highest BCUT2D eigenvalue weighted by atomic mass is 32.2. The van der Waals surface area contributed by atoms with E-state index in [9.17, 15) is 4.79 Å². The molecular formula is C10H17N3O3S. The molecule has 0 amide bonds. The van der Waals surface area contributed by atoms with Gasteiger partial charge in [-0.1, -0.05) is 12.1 Å². The number of carboxylic acids is 1. The first-order valence-corrected chi connectivity index (χ1v) is 6.29. The number of hydrogen-bond acceptors (Lipinski definition) is 6. The number of hydrogen-bond donors (Lipinski definition) is 2. The smallest absolute Gasteiger partial charge is 0.321 e. The van der Waals surface area contributed by atoms with Gasteiger partial charge in [0.1, 0.15) is 6.04 Å². The summed E-state index contributed by atoms with van der Waals surface area (Å²) in [4.78, 5) is 15.0. The second-order valence-electron chi connectivity index (χ2n) is 4.17. The molecule has 17 heavy (non-hydrogen) atoms. The number of aryl methyl sites for hydroxylation is 1. The van der Waals surface area contributed by atoms with E-state index in [4.69, 9.17) is 15.4 Å². The minimum atomic E-state index is -1.01. The van der Waals surface area contributed by atoms with Crippen molar-refractivity contribution in [2.45, 2.75) is 43.7 Å². The fourth-order valence-electron chi connectivity index (χ4n) is 1.13. The van der Waals surface area contributed by atoms with E-state index in [1.807, 2.05) is 6.92 Å². The van der Waals surface area contributed by atoms with Gasteiger partial charge in [0, 0.05) is 11.2 Å². The van der Waals surface area contributed by atoms with E-state index in [1.165, 1.54) is 11.8 Å². The number of carbonyl (C=O) groups is 1. The zero-order chi connectivity index (χ0) is 13.1. The molecule has 0 radical (unpaired) electrons. The third-order valence-corrected chi connectivity index (χ3v) is 3.80. The van der Waals surface area contributed by atoms with Gasteiger partial charge in [-0.3, -0.25) is 4.79 Å². The molecule has 0 aromatic carbocycles. The van der Waals surface area contributed by atoms with Crippen LogP contribution in [0, 0.1) is 0 Å². The maximum atomic E-state index is 10.8. The first-order chi connectivity index (χ1) is 7.86.